The standard InChI is InChI=1S/C30H44O2/c1-20(9-14-28(32)21-7-5-4-6-8-21)25-12-13-26-24-11-10-22-19-23(31)15-17-29(22,2)27(24)16-18-30(25,26)3/h4-8,10,20,23-28,31-32H,9,11-19H2,1-3H3/t20-,23+,24+,25-,26+,27+,28-,29+,30-/m1/s1. The summed E-state index contributed by atoms with van der Waals surface area (Å²) in [5.74, 6) is 3.99. The van der Waals surface area contributed by atoms with E-state index in [-0.39, 0.29) is 12.2 Å². The fraction of sp³-hybridized carbons (Fsp3) is 0.733. The van der Waals surface area contributed by atoms with Crippen LogP contribution in [0.25, 0.3) is 0 Å². The van der Waals surface area contributed by atoms with Crippen LogP contribution in [0.2, 0.25) is 0 Å². The van der Waals surface area contributed by atoms with E-state index in [1.807, 2.05) is 18.2 Å². The highest BCUT2D eigenvalue weighted by molar-refractivity contribution is 5.25. The van der Waals surface area contributed by atoms with E-state index in [1.165, 1.54) is 38.5 Å². The van der Waals surface area contributed by atoms with Gasteiger partial charge in [-0.15, -0.1) is 0 Å². The summed E-state index contributed by atoms with van der Waals surface area (Å²) in [5.41, 5.74) is 3.45. The smallest absolute Gasteiger partial charge is 0.0790 e. The van der Waals surface area contributed by atoms with Crippen LogP contribution in [0.4, 0.5) is 0 Å². The molecule has 0 bridgehead atoms. The molecule has 1 aromatic rings. The van der Waals surface area contributed by atoms with E-state index in [0.29, 0.717) is 16.7 Å². The van der Waals surface area contributed by atoms with Crippen LogP contribution in [0.3, 0.4) is 0 Å². The summed E-state index contributed by atoms with van der Waals surface area (Å²) in [6, 6.07) is 10.2. The normalized spacial score (nSPS) is 42.9. The Hall–Kier alpha value is -1.12. The van der Waals surface area contributed by atoms with Crippen molar-refractivity contribution in [2.24, 2.45) is 40.4 Å². The highest BCUT2D eigenvalue weighted by atomic mass is 16.3. The molecular weight excluding hydrogens is 392 g/mol. The molecule has 0 unspecified atom stereocenters. The Labute approximate surface area is 195 Å². The van der Waals surface area contributed by atoms with Gasteiger partial charge in [-0.2, -0.15) is 0 Å². The van der Waals surface area contributed by atoms with Crippen LogP contribution >= 0.6 is 0 Å². The third kappa shape index (κ3) is 3.70. The van der Waals surface area contributed by atoms with Gasteiger partial charge in [0.25, 0.3) is 0 Å². The van der Waals surface area contributed by atoms with Crippen molar-refractivity contribution in [3.05, 3.63) is 47.5 Å². The van der Waals surface area contributed by atoms with Gasteiger partial charge in [0.05, 0.1) is 12.2 Å². The maximum absolute atomic E-state index is 10.7. The van der Waals surface area contributed by atoms with Crippen molar-refractivity contribution in [1.29, 1.82) is 0 Å². The Morgan fingerprint density at radius 2 is 1.75 bits per heavy atom. The molecule has 0 aliphatic heterocycles. The van der Waals surface area contributed by atoms with Crippen molar-refractivity contribution in [3.8, 4) is 0 Å². The van der Waals surface area contributed by atoms with E-state index in [9.17, 15) is 10.2 Å². The van der Waals surface area contributed by atoms with Crippen molar-refractivity contribution in [2.75, 3.05) is 0 Å². The minimum Gasteiger partial charge on any atom is -0.393 e. The summed E-state index contributed by atoms with van der Waals surface area (Å²) in [6.45, 7) is 7.62. The molecule has 176 valence electrons. The molecule has 32 heavy (non-hydrogen) atoms. The third-order valence-electron chi connectivity index (χ3n) is 10.9. The number of aliphatic hydroxyl groups excluding tert-OH is 2. The van der Waals surface area contributed by atoms with Gasteiger partial charge in [-0.25, -0.2) is 0 Å². The highest BCUT2D eigenvalue weighted by Crippen LogP contribution is 2.67. The van der Waals surface area contributed by atoms with Gasteiger partial charge in [0.2, 0.25) is 0 Å². The van der Waals surface area contributed by atoms with Gasteiger partial charge in [0.15, 0.2) is 0 Å². The van der Waals surface area contributed by atoms with Gasteiger partial charge in [-0.05, 0) is 110 Å². The topological polar surface area (TPSA) is 40.5 Å². The first kappa shape index (κ1) is 22.7. The second-order valence-corrected chi connectivity index (χ2v) is 12.4. The Bertz CT molecular complexity index is 830. The molecule has 3 saturated carbocycles. The number of hydrogen-bond donors (Lipinski definition) is 2. The maximum atomic E-state index is 10.7. The first-order valence-electron chi connectivity index (χ1n) is 13.4. The van der Waals surface area contributed by atoms with E-state index >= 15 is 0 Å². The summed E-state index contributed by atoms with van der Waals surface area (Å²) >= 11 is 0. The summed E-state index contributed by atoms with van der Waals surface area (Å²) in [4.78, 5) is 0. The average Bonchev–Trinajstić information content (AvgIpc) is 3.15. The Morgan fingerprint density at radius 1 is 0.969 bits per heavy atom. The SMILES string of the molecule is C[C@H](CC[C@@H](O)c1ccccc1)[C@H]1CC[C@H]2[C@@H]3CC=C4C[C@@H](O)CC[C@]4(C)[C@H]3CC[C@]12C. The molecule has 0 aromatic heterocycles. The minimum absolute atomic E-state index is 0.109. The molecule has 5 rings (SSSR count). The minimum atomic E-state index is -0.331. The van der Waals surface area contributed by atoms with Crippen molar-refractivity contribution in [3.63, 3.8) is 0 Å². The van der Waals surface area contributed by atoms with Crippen LogP contribution < -0.4 is 0 Å². The van der Waals surface area contributed by atoms with Crippen molar-refractivity contribution in [2.45, 2.75) is 97.2 Å². The number of aliphatic hydroxyl groups is 2. The predicted molar refractivity (Wildman–Crippen MR) is 131 cm³/mol. The summed E-state index contributed by atoms with van der Waals surface area (Å²) in [5, 5.41) is 20.9. The molecule has 4 aliphatic rings. The first-order valence-corrected chi connectivity index (χ1v) is 13.4. The zero-order chi connectivity index (χ0) is 22.5. The summed E-state index contributed by atoms with van der Waals surface area (Å²) in [7, 11) is 0. The van der Waals surface area contributed by atoms with E-state index < -0.39 is 0 Å². The number of hydrogen-bond acceptors (Lipinski definition) is 2. The van der Waals surface area contributed by atoms with Gasteiger partial charge in [0.1, 0.15) is 0 Å². The zero-order valence-electron chi connectivity index (χ0n) is 20.5. The number of benzene rings is 1. The van der Waals surface area contributed by atoms with Crippen LogP contribution in [-0.4, -0.2) is 16.3 Å². The van der Waals surface area contributed by atoms with Gasteiger partial charge >= 0.3 is 0 Å². The van der Waals surface area contributed by atoms with Crippen LogP contribution in [-0.2, 0) is 0 Å². The van der Waals surface area contributed by atoms with Crippen molar-refractivity contribution < 1.29 is 10.2 Å². The molecule has 0 heterocycles. The van der Waals surface area contributed by atoms with Crippen LogP contribution in [0.5, 0.6) is 0 Å². The number of fused-ring (bicyclic) bond motifs is 5. The lowest BCUT2D eigenvalue weighted by molar-refractivity contribution is -0.0577. The van der Waals surface area contributed by atoms with Gasteiger partial charge in [0, 0.05) is 0 Å². The lowest BCUT2D eigenvalue weighted by atomic mass is 9.47. The molecular formula is C30H44O2. The lowest BCUT2D eigenvalue weighted by Gasteiger charge is -2.58. The molecule has 9 atom stereocenters. The fourth-order valence-corrected chi connectivity index (χ4v) is 9.08. The average molecular weight is 437 g/mol. The second-order valence-electron chi connectivity index (χ2n) is 12.4. The maximum Gasteiger partial charge on any atom is 0.0790 e. The lowest BCUT2D eigenvalue weighted by Crippen LogP contribution is -2.50. The third-order valence-corrected chi connectivity index (χ3v) is 10.9. The van der Waals surface area contributed by atoms with E-state index in [0.717, 1.165) is 54.9 Å². The number of rotatable bonds is 5. The van der Waals surface area contributed by atoms with E-state index in [4.69, 9.17) is 0 Å². The molecule has 2 nitrogen and oxygen atoms in total. The summed E-state index contributed by atoms with van der Waals surface area (Å²) < 4.78 is 0. The fourth-order valence-electron chi connectivity index (χ4n) is 9.08. The molecule has 4 aliphatic carbocycles. The molecule has 1 aromatic carbocycles. The Morgan fingerprint density at radius 3 is 2.53 bits per heavy atom. The second kappa shape index (κ2) is 8.58. The molecule has 2 N–H and O–H groups in total. The highest BCUT2D eigenvalue weighted by Gasteiger charge is 2.59. The monoisotopic (exact) mass is 436 g/mol. The van der Waals surface area contributed by atoms with E-state index in [2.05, 4.69) is 39.0 Å². The van der Waals surface area contributed by atoms with Crippen LogP contribution in [0.15, 0.2) is 42.0 Å². The molecule has 0 amide bonds. The molecule has 3 fully saturated rings. The van der Waals surface area contributed by atoms with Gasteiger partial charge in [-0.3, -0.25) is 0 Å². The van der Waals surface area contributed by atoms with Crippen LogP contribution in [0.1, 0.15) is 96.6 Å². The van der Waals surface area contributed by atoms with Crippen LogP contribution in [0, 0.1) is 40.4 Å². The predicted octanol–water partition coefficient (Wildman–Crippen LogP) is 7.08. The van der Waals surface area contributed by atoms with Crippen molar-refractivity contribution >= 4 is 0 Å². The molecule has 0 saturated heterocycles. The van der Waals surface area contributed by atoms with Gasteiger partial charge in [-0.1, -0.05) is 62.8 Å². The summed E-state index contributed by atoms with van der Waals surface area (Å²) in [6.07, 6.45) is 14.0. The van der Waals surface area contributed by atoms with Crippen molar-refractivity contribution in [1.82, 2.24) is 0 Å². The number of allylic oxidation sites excluding steroid dienone is 1. The Balaban J connectivity index is 1.27. The molecule has 0 radical (unpaired) electrons. The quantitative estimate of drug-likeness (QED) is 0.484. The first-order chi connectivity index (χ1) is 15.3. The zero-order valence-corrected chi connectivity index (χ0v) is 20.5. The molecule has 2 heteroatoms. The van der Waals surface area contributed by atoms with E-state index in [1.54, 1.807) is 5.57 Å². The largest absolute Gasteiger partial charge is 0.393 e. The molecule has 0 spiro atoms. The Kier molecular flexibility index (Phi) is 6.08. The van der Waals surface area contributed by atoms with Gasteiger partial charge < -0.3 is 10.2 Å².